The van der Waals surface area contributed by atoms with Gasteiger partial charge in [0.15, 0.2) is 0 Å². The number of benzene rings is 1. The van der Waals surface area contributed by atoms with Gasteiger partial charge in [-0.3, -0.25) is 4.79 Å². The Kier molecular flexibility index (Phi) is 6.24. The van der Waals surface area contributed by atoms with Crippen molar-refractivity contribution >= 4 is 23.2 Å². The van der Waals surface area contributed by atoms with E-state index in [2.05, 4.69) is 10.2 Å². The van der Waals surface area contributed by atoms with Crippen molar-refractivity contribution in [2.24, 2.45) is 0 Å². The number of rotatable bonds is 6. The van der Waals surface area contributed by atoms with Gasteiger partial charge in [0.05, 0.1) is 16.3 Å². The number of nitrogen functional groups attached to an aromatic ring is 1. The minimum absolute atomic E-state index is 0.111. The van der Waals surface area contributed by atoms with Gasteiger partial charge in [-0.25, -0.2) is 0 Å². The van der Waals surface area contributed by atoms with E-state index in [1.54, 1.807) is 7.11 Å². The van der Waals surface area contributed by atoms with Crippen LogP contribution in [0.15, 0.2) is 6.07 Å². The van der Waals surface area contributed by atoms with Gasteiger partial charge in [-0.15, -0.1) is 0 Å². The molecular weight excluding hydrogens is 358 g/mol. The van der Waals surface area contributed by atoms with Crippen LogP contribution in [0.25, 0.3) is 0 Å². The predicted octanol–water partition coefficient (Wildman–Crippen LogP) is 1.41. The number of hydrogen-bond donors (Lipinski definition) is 3. The van der Waals surface area contributed by atoms with Crippen LogP contribution < -0.4 is 15.8 Å². The van der Waals surface area contributed by atoms with Crippen molar-refractivity contribution in [2.45, 2.75) is 38.0 Å². The number of aliphatic hydroxyl groups excluding tert-OH is 1. The van der Waals surface area contributed by atoms with Crippen LogP contribution in [-0.2, 0) is 11.2 Å². The molecule has 26 heavy (non-hydrogen) atoms. The summed E-state index contributed by atoms with van der Waals surface area (Å²) in [4.78, 5) is 15.1. The average molecular weight is 384 g/mol. The first-order valence-corrected chi connectivity index (χ1v) is 9.35. The van der Waals surface area contributed by atoms with Crippen LogP contribution in [0.2, 0.25) is 5.02 Å². The second-order valence-corrected chi connectivity index (χ2v) is 7.25. The van der Waals surface area contributed by atoms with E-state index in [4.69, 9.17) is 26.8 Å². The summed E-state index contributed by atoms with van der Waals surface area (Å²) in [7, 11) is 1.71. The molecule has 0 aromatic heterocycles. The highest BCUT2D eigenvalue weighted by molar-refractivity contribution is 6.33. The van der Waals surface area contributed by atoms with Gasteiger partial charge in [0, 0.05) is 51.4 Å². The number of anilines is 1. The van der Waals surface area contributed by atoms with E-state index in [1.165, 1.54) is 6.07 Å². The van der Waals surface area contributed by atoms with E-state index >= 15 is 0 Å². The van der Waals surface area contributed by atoms with Crippen molar-refractivity contribution in [3.63, 3.8) is 0 Å². The fourth-order valence-corrected chi connectivity index (χ4v) is 3.78. The summed E-state index contributed by atoms with van der Waals surface area (Å²) in [6.45, 7) is 3.68. The van der Waals surface area contributed by atoms with E-state index in [1.807, 2.05) is 0 Å². The van der Waals surface area contributed by atoms with Crippen molar-refractivity contribution in [1.29, 1.82) is 0 Å². The van der Waals surface area contributed by atoms with Crippen molar-refractivity contribution in [3.05, 3.63) is 22.2 Å². The lowest BCUT2D eigenvalue weighted by molar-refractivity contribution is 0.00174. The summed E-state index contributed by atoms with van der Waals surface area (Å²) in [5, 5.41) is 13.1. The maximum atomic E-state index is 12.7. The zero-order valence-corrected chi connectivity index (χ0v) is 15.7. The van der Waals surface area contributed by atoms with Gasteiger partial charge in [0.25, 0.3) is 5.91 Å². The van der Waals surface area contributed by atoms with Crippen molar-refractivity contribution in [3.8, 4) is 5.75 Å². The van der Waals surface area contributed by atoms with Gasteiger partial charge in [0.1, 0.15) is 5.75 Å². The van der Waals surface area contributed by atoms with Crippen LogP contribution in [0.5, 0.6) is 5.75 Å². The smallest absolute Gasteiger partial charge is 0.255 e. The van der Waals surface area contributed by atoms with Gasteiger partial charge >= 0.3 is 0 Å². The molecule has 1 saturated heterocycles. The third-order valence-electron chi connectivity index (χ3n) is 5.00. The highest BCUT2D eigenvalue weighted by atomic mass is 35.5. The lowest BCUT2D eigenvalue weighted by Gasteiger charge is -2.32. The standard InChI is InChI=1S/C18H26ClN3O4/c1-25-8-2-5-22-6-3-11(4-7-22)21-18(24)13-9-14(19)16(20)12-10-15(23)26-17(12)13/h9,11,15,23H,2-8,10,20H2,1H3,(H,21,24). The third-order valence-corrected chi connectivity index (χ3v) is 5.31. The number of methoxy groups -OCH3 is 1. The molecular formula is C18H26ClN3O4. The maximum absolute atomic E-state index is 12.7. The van der Waals surface area contributed by atoms with E-state index < -0.39 is 6.29 Å². The maximum Gasteiger partial charge on any atom is 0.255 e. The highest BCUT2D eigenvalue weighted by Crippen LogP contribution is 2.40. The fourth-order valence-electron chi connectivity index (χ4n) is 3.55. The molecule has 1 unspecified atom stereocenters. The summed E-state index contributed by atoms with van der Waals surface area (Å²) in [5.41, 5.74) is 7.24. The highest BCUT2D eigenvalue weighted by Gasteiger charge is 2.31. The first-order chi connectivity index (χ1) is 12.5. The molecule has 3 rings (SSSR count). The minimum atomic E-state index is -0.993. The molecule has 0 saturated carbocycles. The minimum Gasteiger partial charge on any atom is -0.464 e. The fraction of sp³-hybridized carbons (Fsp3) is 0.611. The van der Waals surface area contributed by atoms with E-state index in [9.17, 15) is 9.90 Å². The first kappa shape index (κ1) is 19.2. The third kappa shape index (κ3) is 4.23. The number of amides is 1. The van der Waals surface area contributed by atoms with Gasteiger partial charge in [-0.1, -0.05) is 11.6 Å². The van der Waals surface area contributed by atoms with Crippen LogP contribution in [0.3, 0.4) is 0 Å². The van der Waals surface area contributed by atoms with Crippen molar-refractivity contribution in [2.75, 3.05) is 39.1 Å². The molecule has 0 spiro atoms. The lowest BCUT2D eigenvalue weighted by Crippen LogP contribution is -2.45. The number of aliphatic hydroxyl groups is 1. The topological polar surface area (TPSA) is 97.1 Å². The number of nitrogens with two attached hydrogens (primary N) is 1. The molecule has 2 heterocycles. The Labute approximate surface area is 158 Å². The molecule has 7 nitrogen and oxygen atoms in total. The van der Waals surface area contributed by atoms with Crippen molar-refractivity contribution in [1.82, 2.24) is 10.2 Å². The Balaban J connectivity index is 1.60. The van der Waals surface area contributed by atoms with E-state index in [0.717, 1.165) is 45.5 Å². The first-order valence-electron chi connectivity index (χ1n) is 8.97. The Morgan fingerprint density at radius 2 is 2.23 bits per heavy atom. The number of hydrogen-bond acceptors (Lipinski definition) is 6. The number of carbonyl (C=O) groups excluding carboxylic acids is 1. The van der Waals surface area contributed by atoms with Crippen LogP contribution in [0.4, 0.5) is 5.69 Å². The number of ether oxygens (including phenoxy) is 2. The SMILES string of the molecule is COCCCN1CCC(NC(=O)c2cc(Cl)c(N)c3c2OC(O)C3)CC1. The largest absolute Gasteiger partial charge is 0.464 e. The lowest BCUT2D eigenvalue weighted by atomic mass is 10.0. The molecule has 1 aromatic rings. The molecule has 0 radical (unpaired) electrons. The predicted molar refractivity (Wildman–Crippen MR) is 99.6 cm³/mol. The average Bonchev–Trinajstić information content (AvgIpc) is 3.01. The molecule has 0 bridgehead atoms. The Hall–Kier alpha value is -1.54. The zero-order valence-electron chi connectivity index (χ0n) is 15.0. The molecule has 144 valence electrons. The van der Waals surface area contributed by atoms with Crippen LogP contribution in [0, 0.1) is 0 Å². The quantitative estimate of drug-likeness (QED) is 0.507. The normalized spacial score (nSPS) is 20.7. The molecule has 1 atom stereocenters. The summed E-state index contributed by atoms with van der Waals surface area (Å²) in [6.07, 6.45) is 2.05. The van der Waals surface area contributed by atoms with Crippen LogP contribution in [0.1, 0.15) is 35.2 Å². The summed E-state index contributed by atoms with van der Waals surface area (Å²) < 4.78 is 10.5. The van der Waals surface area contributed by atoms with E-state index in [-0.39, 0.29) is 18.4 Å². The molecule has 2 aliphatic heterocycles. The number of carbonyl (C=O) groups is 1. The molecule has 4 N–H and O–H groups in total. The Bertz CT molecular complexity index is 662. The van der Waals surface area contributed by atoms with Gasteiger partial charge in [0.2, 0.25) is 6.29 Å². The number of nitrogens with zero attached hydrogens (tertiary/aromatic N) is 1. The number of nitrogens with one attached hydrogen (secondary N) is 1. The molecule has 8 heteroatoms. The molecule has 0 aliphatic carbocycles. The number of piperidine rings is 1. The van der Waals surface area contributed by atoms with Crippen LogP contribution in [-0.4, -0.2) is 61.6 Å². The molecule has 1 fully saturated rings. The van der Waals surface area contributed by atoms with Gasteiger partial charge < -0.3 is 30.5 Å². The second kappa shape index (κ2) is 8.43. The summed E-state index contributed by atoms with van der Waals surface area (Å²) >= 11 is 6.15. The number of fused-ring (bicyclic) bond motifs is 1. The van der Waals surface area contributed by atoms with Gasteiger partial charge in [-0.2, -0.15) is 0 Å². The second-order valence-electron chi connectivity index (χ2n) is 6.84. The number of halogens is 1. The Morgan fingerprint density at radius 1 is 1.50 bits per heavy atom. The van der Waals surface area contributed by atoms with Crippen molar-refractivity contribution < 1.29 is 19.4 Å². The number of likely N-dealkylation sites (tertiary alicyclic amines) is 1. The monoisotopic (exact) mass is 383 g/mol. The molecule has 1 aromatic carbocycles. The Morgan fingerprint density at radius 3 is 2.92 bits per heavy atom. The zero-order chi connectivity index (χ0) is 18.7. The van der Waals surface area contributed by atoms with Crippen LogP contribution >= 0.6 is 11.6 Å². The molecule has 1 amide bonds. The van der Waals surface area contributed by atoms with Gasteiger partial charge in [-0.05, 0) is 25.3 Å². The summed E-state index contributed by atoms with van der Waals surface area (Å²) in [6, 6.07) is 1.63. The van der Waals surface area contributed by atoms with E-state index in [0.29, 0.717) is 27.6 Å². The molecule has 2 aliphatic rings. The summed E-state index contributed by atoms with van der Waals surface area (Å²) in [5.74, 6) is 0.101.